The van der Waals surface area contributed by atoms with E-state index in [0.29, 0.717) is 6.42 Å². The Bertz CT molecular complexity index is 848. The molecule has 2 aromatic rings. The third-order valence-corrected chi connectivity index (χ3v) is 3.72. The van der Waals surface area contributed by atoms with Crippen molar-refractivity contribution in [2.24, 2.45) is 0 Å². The van der Waals surface area contributed by atoms with Gasteiger partial charge in [-0.2, -0.15) is 9.78 Å². The van der Waals surface area contributed by atoms with Crippen LogP contribution in [-0.2, 0) is 4.79 Å². The van der Waals surface area contributed by atoms with Crippen molar-refractivity contribution in [3.63, 3.8) is 0 Å². The van der Waals surface area contributed by atoms with Crippen molar-refractivity contribution in [2.45, 2.75) is 32.2 Å². The lowest BCUT2D eigenvalue weighted by Gasteiger charge is -2.25. The summed E-state index contributed by atoms with van der Waals surface area (Å²) in [7, 11) is 0. The molecule has 1 unspecified atom stereocenters. The van der Waals surface area contributed by atoms with E-state index in [4.69, 9.17) is 0 Å². The van der Waals surface area contributed by atoms with Gasteiger partial charge in [0.1, 0.15) is 17.1 Å². The molecule has 0 fully saturated rings. The molecule has 0 saturated carbocycles. The first-order chi connectivity index (χ1) is 11.8. The number of nitrogens with one attached hydrogen (secondary N) is 1. The van der Waals surface area contributed by atoms with Crippen LogP contribution in [-0.4, -0.2) is 32.3 Å². The summed E-state index contributed by atoms with van der Waals surface area (Å²) < 4.78 is 14.0. The van der Waals surface area contributed by atoms with Crippen molar-refractivity contribution >= 4 is 11.9 Å². The topological polar surface area (TPSA) is 101 Å². The average molecular weight is 347 g/mol. The number of benzene rings is 1. The number of hydrogen-bond acceptors (Lipinski definition) is 4. The minimum atomic E-state index is -1.44. The fourth-order valence-electron chi connectivity index (χ4n) is 2.34. The number of rotatable bonds is 6. The molecule has 0 aliphatic carbocycles. The fraction of sp³-hybridized carbons (Fsp3) is 0.294. The first kappa shape index (κ1) is 18.3. The molecule has 2 N–H and O–H groups in total. The quantitative estimate of drug-likeness (QED) is 0.829. The number of carbonyl (C=O) groups is 2. The maximum Gasteiger partial charge on any atom is 0.329 e. The standard InChI is InChI=1S/C17H18FN3O4/c1-3-10-17(2,16(24)25)19-15(23)13-8-9-14(22)21(20-13)12-6-4-11(18)5-7-12/h4-9H,3,10H2,1-2H3,(H,19,23)(H,24,25). The summed E-state index contributed by atoms with van der Waals surface area (Å²) in [6.07, 6.45) is 0.803. The van der Waals surface area contributed by atoms with Gasteiger partial charge in [-0.3, -0.25) is 9.59 Å². The van der Waals surface area contributed by atoms with Crippen molar-refractivity contribution in [3.8, 4) is 5.69 Å². The van der Waals surface area contributed by atoms with Crippen LogP contribution in [0.4, 0.5) is 4.39 Å². The third-order valence-electron chi connectivity index (χ3n) is 3.72. The molecule has 1 amide bonds. The highest BCUT2D eigenvalue weighted by molar-refractivity contribution is 5.96. The SMILES string of the molecule is CCCC(C)(NC(=O)c1ccc(=O)n(-c2ccc(F)cc2)n1)C(=O)O. The summed E-state index contributed by atoms with van der Waals surface area (Å²) in [5.74, 6) is -2.34. The smallest absolute Gasteiger partial charge is 0.329 e. The second-order valence-corrected chi connectivity index (χ2v) is 5.79. The molecule has 0 aliphatic rings. The van der Waals surface area contributed by atoms with Crippen molar-refractivity contribution in [1.82, 2.24) is 15.1 Å². The lowest BCUT2D eigenvalue weighted by atomic mass is 9.96. The van der Waals surface area contributed by atoms with Gasteiger partial charge in [-0.15, -0.1) is 0 Å². The van der Waals surface area contributed by atoms with Crippen LogP contribution in [0.1, 0.15) is 37.2 Å². The molecular formula is C17H18FN3O4. The number of carboxylic acid groups (broad SMARTS) is 1. The molecule has 2 rings (SSSR count). The van der Waals surface area contributed by atoms with Gasteiger partial charge in [0.05, 0.1) is 5.69 Å². The van der Waals surface area contributed by atoms with Crippen molar-refractivity contribution in [1.29, 1.82) is 0 Å². The highest BCUT2D eigenvalue weighted by Gasteiger charge is 2.34. The molecule has 1 aromatic carbocycles. The van der Waals surface area contributed by atoms with E-state index in [1.54, 1.807) is 6.92 Å². The Hall–Kier alpha value is -3.03. The average Bonchev–Trinajstić information content (AvgIpc) is 2.56. The molecule has 0 bridgehead atoms. The van der Waals surface area contributed by atoms with Crippen LogP contribution in [0.5, 0.6) is 0 Å². The number of nitrogens with zero attached hydrogens (tertiary/aromatic N) is 2. The predicted octanol–water partition coefficient (Wildman–Crippen LogP) is 1.74. The molecule has 8 heteroatoms. The van der Waals surface area contributed by atoms with Gasteiger partial charge in [0, 0.05) is 6.07 Å². The van der Waals surface area contributed by atoms with E-state index in [0.717, 1.165) is 10.7 Å². The first-order valence-electron chi connectivity index (χ1n) is 7.69. The van der Waals surface area contributed by atoms with Gasteiger partial charge in [-0.25, -0.2) is 9.18 Å². The van der Waals surface area contributed by atoms with Gasteiger partial charge < -0.3 is 10.4 Å². The monoisotopic (exact) mass is 347 g/mol. The zero-order valence-electron chi connectivity index (χ0n) is 13.8. The van der Waals surface area contributed by atoms with E-state index in [1.807, 2.05) is 0 Å². The predicted molar refractivity (Wildman–Crippen MR) is 88.2 cm³/mol. The second kappa shape index (κ2) is 7.25. The number of hydrogen-bond donors (Lipinski definition) is 2. The summed E-state index contributed by atoms with van der Waals surface area (Å²) in [6.45, 7) is 3.22. The Morgan fingerprint density at radius 1 is 1.24 bits per heavy atom. The summed E-state index contributed by atoms with van der Waals surface area (Å²) in [5.41, 5.74) is -1.77. The molecular weight excluding hydrogens is 329 g/mol. The largest absolute Gasteiger partial charge is 0.480 e. The van der Waals surface area contributed by atoms with Crippen LogP contribution in [0.15, 0.2) is 41.2 Å². The summed E-state index contributed by atoms with van der Waals surface area (Å²) in [5, 5.41) is 15.7. The van der Waals surface area contributed by atoms with E-state index in [1.165, 1.54) is 37.3 Å². The van der Waals surface area contributed by atoms with Crippen LogP contribution < -0.4 is 10.9 Å². The van der Waals surface area contributed by atoms with E-state index in [9.17, 15) is 23.9 Å². The molecule has 0 aliphatic heterocycles. The maximum atomic E-state index is 13.0. The third kappa shape index (κ3) is 4.09. The van der Waals surface area contributed by atoms with Crippen LogP contribution >= 0.6 is 0 Å². The molecule has 1 atom stereocenters. The number of carbonyl (C=O) groups excluding carboxylic acids is 1. The van der Waals surface area contributed by atoms with E-state index >= 15 is 0 Å². The van der Waals surface area contributed by atoms with Crippen molar-refractivity contribution in [2.75, 3.05) is 0 Å². The molecule has 0 radical (unpaired) electrons. The maximum absolute atomic E-state index is 13.0. The van der Waals surface area contributed by atoms with Gasteiger partial charge in [0.2, 0.25) is 0 Å². The Labute approximate surface area is 143 Å². The highest BCUT2D eigenvalue weighted by Crippen LogP contribution is 2.13. The number of halogens is 1. The van der Waals surface area contributed by atoms with E-state index in [2.05, 4.69) is 10.4 Å². The molecule has 1 heterocycles. The Morgan fingerprint density at radius 3 is 2.44 bits per heavy atom. The molecule has 0 saturated heterocycles. The second-order valence-electron chi connectivity index (χ2n) is 5.79. The van der Waals surface area contributed by atoms with Crippen LogP contribution in [0.25, 0.3) is 5.69 Å². The molecule has 25 heavy (non-hydrogen) atoms. The van der Waals surface area contributed by atoms with Gasteiger partial charge in [-0.05, 0) is 43.7 Å². The zero-order chi connectivity index (χ0) is 18.6. The first-order valence-corrected chi connectivity index (χ1v) is 7.69. The lowest BCUT2D eigenvalue weighted by Crippen LogP contribution is -2.52. The van der Waals surface area contributed by atoms with Gasteiger partial charge >= 0.3 is 5.97 Å². The Kier molecular flexibility index (Phi) is 5.31. The Morgan fingerprint density at radius 2 is 1.88 bits per heavy atom. The zero-order valence-corrected chi connectivity index (χ0v) is 13.8. The Balaban J connectivity index is 2.35. The van der Waals surface area contributed by atoms with Crippen LogP contribution in [0.3, 0.4) is 0 Å². The van der Waals surface area contributed by atoms with Crippen molar-refractivity contribution in [3.05, 3.63) is 58.3 Å². The van der Waals surface area contributed by atoms with Gasteiger partial charge in [0.25, 0.3) is 11.5 Å². The molecule has 7 nitrogen and oxygen atoms in total. The molecule has 0 spiro atoms. The summed E-state index contributed by atoms with van der Waals surface area (Å²) in [6, 6.07) is 7.39. The number of aromatic nitrogens is 2. The van der Waals surface area contributed by atoms with Gasteiger partial charge in [-0.1, -0.05) is 13.3 Å². The molecule has 1 aromatic heterocycles. The number of amides is 1. The van der Waals surface area contributed by atoms with Gasteiger partial charge in [0.15, 0.2) is 0 Å². The highest BCUT2D eigenvalue weighted by atomic mass is 19.1. The molecule has 132 valence electrons. The fourth-order valence-corrected chi connectivity index (χ4v) is 2.34. The van der Waals surface area contributed by atoms with E-state index in [-0.39, 0.29) is 17.8 Å². The minimum absolute atomic E-state index is 0.118. The lowest BCUT2D eigenvalue weighted by molar-refractivity contribution is -0.144. The van der Waals surface area contributed by atoms with Crippen LogP contribution in [0, 0.1) is 5.82 Å². The normalized spacial score (nSPS) is 13.1. The number of aliphatic carboxylic acids is 1. The number of carboxylic acids is 1. The van der Waals surface area contributed by atoms with Crippen LogP contribution in [0.2, 0.25) is 0 Å². The summed E-state index contributed by atoms with van der Waals surface area (Å²) in [4.78, 5) is 35.8. The minimum Gasteiger partial charge on any atom is -0.480 e. The van der Waals surface area contributed by atoms with Crippen molar-refractivity contribution < 1.29 is 19.1 Å². The summed E-state index contributed by atoms with van der Waals surface area (Å²) >= 11 is 0. The van der Waals surface area contributed by atoms with E-state index < -0.39 is 28.8 Å².